The lowest BCUT2D eigenvalue weighted by Crippen LogP contribution is -2.32. The molecular weight excluding hydrogens is 288 g/mol. The Balaban J connectivity index is 1.69. The summed E-state index contributed by atoms with van der Waals surface area (Å²) in [5.41, 5.74) is 3.45. The minimum absolute atomic E-state index is 0.521. The number of benzene rings is 1. The van der Waals surface area contributed by atoms with E-state index < -0.39 is 0 Å². The van der Waals surface area contributed by atoms with Crippen LogP contribution in [0.5, 0.6) is 5.75 Å². The summed E-state index contributed by atoms with van der Waals surface area (Å²) >= 11 is 0. The molecule has 1 fully saturated rings. The number of ether oxygens (including phenoxy) is 1. The second-order valence-corrected chi connectivity index (χ2v) is 6.55. The highest BCUT2D eigenvalue weighted by Gasteiger charge is 2.28. The van der Waals surface area contributed by atoms with Gasteiger partial charge < -0.3 is 14.5 Å². The van der Waals surface area contributed by atoms with Crippen molar-refractivity contribution in [3.8, 4) is 5.75 Å². The van der Waals surface area contributed by atoms with Crippen molar-refractivity contribution < 1.29 is 4.74 Å². The lowest BCUT2D eigenvalue weighted by Gasteiger charge is -2.23. The second kappa shape index (κ2) is 5.81. The maximum Gasteiger partial charge on any atom is 0.135 e. The SMILES string of the molecule is CN(C)[C@@H]1CCN(c2ncnc3c2Cc2ccccc2OC3)C1. The number of aromatic nitrogens is 2. The fourth-order valence-electron chi connectivity index (χ4n) is 3.50. The first kappa shape index (κ1) is 14.5. The number of hydrogen-bond donors (Lipinski definition) is 0. The number of fused-ring (bicyclic) bond motifs is 2. The van der Waals surface area contributed by atoms with Crippen molar-refractivity contribution in [1.29, 1.82) is 0 Å². The van der Waals surface area contributed by atoms with Gasteiger partial charge in [0.1, 0.15) is 24.5 Å². The van der Waals surface area contributed by atoms with Crippen LogP contribution in [0.25, 0.3) is 0 Å². The monoisotopic (exact) mass is 310 g/mol. The predicted molar refractivity (Wildman–Crippen MR) is 89.9 cm³/mol. The smallest absolute Gasteiger partial charge is 0.135 e. The Kier molecular flexibility index (Phi) is 3.65. The standard InChI is InChI=1S/C18H22N4O/c1-21(2)14-7-8-22(10-14)18-15-9-13-5-3-4-6-17(13)23-11-16(15)19-12-20-18/h3-6,12,14H,7-11H2,1-2H3/t14-/m1/s1. The van der Waals surface area contributed by atoms with Crippen LogP contribution in [0.4, 0.5) is 5.82 Å². The average Bonchev–Trinajstić information content (AvgIpc) is 2.97. The molecule has 3 heterocycles. The minimum Gasteiger partial charge on any atom is -0.487 e. The van der Waals surface area contributed by atoms with Crippen LogP contribution in [-0.2, 0) is 13.0 Å². The summed E-state index contributed by atoms with van der Waals surface area (Å²) in [6.45, 7) is 2.60. The summed E-state index contributed by atoms with van der Waals surface area (Å²) in [5.74, 6) is 2.05. The Bertz CT molecular complexity index is 716. The van der Waals surface area contributed by atoms with Gasteiger partial charge in [0.05, 0.1) is 5.69 Å². The molecule has 0 aliphatic carbocycles. The molecule has 4 rings (SSSR count). The van der Waals surface area contributed by atoms with E-state index in [2.05, 4.69) is 46.0 Å². The summed E-state index contributed by atoms with van der Waals surface area (Å²) in [6, 6.07) is 8.84. The third-order valence-electron chi connectivity index (χ3n) is 4.91. The molecule has 0 amide bonds. The summed E-state index contributed by atoms with van der Waals surface area (Å²) in [4.78, 5) is 13.8. The van der Waals surface area contributed by atoms with Gasteiger partial charge in [0.15, 0.2) is 0 Å². The molecule has 0 spiro atoms. The highest BCUT2D eigenvalue weighted by atomic mass is 16.5. The molecule has 1 atom stereocenters. The fraction of sp³-hybridized carbons (Fsp3) is 0.444. The number of para-hydroxylation sites is 1. The Morgan fingerprint density at radius 3 is 2.91 bits per heavy atom. The molecule has 0 bridgehead atoms. The molecule has 23 heavy (non-hydrogen) atoms. The van der Waals surface area contributed by atoms with Crippen molar-refractivity contribution in [2.24, 2.45) is 0 Å². The van der Waals surface area contributed by atoms with Gasteiger partial charge in [-0.3, -0.25) is 0 Å². The summed E-state index contributed by atoms with van der Waals surface area (Å²) < 4.78 is 5.93. The number of anilines is 1. The van der Waals surface area contributed by atoms with E-state index in [0.717, 1.165) is 36.8 Å². The maximum absolute atomic E-state index is 5.93. The van der Waals surface area contributed by atoms with Gasteiger partial charge in [0, 0.05) is 31.1 Å². The topological polar surface area (TPSA) is 41.5 Å². The number of hydrogen-bond acceptors (Lipinski definition) is 5. The van der Waals surface area contributed by atoms with Crippen molar-refractivity contribution in [1.82, 2.24) is 14.9 Å². The highest BCUT2D eigenvalue weighted by Crippen LogP contribution is 2.32. The molecule has 0 radical (unpaired) electrons. The van der Waals surface area contributed by atoms with Crippen LogP contribution in [0.1, 0.15) is 23.2 Å². The largest absolute Gasteiger partial charge is 0.487 e. The van der Waals surface area contributed by atoms with Crippen LogP contribution in [0.2, 0.25) is 0 Å². The summed E-state index contributed by atoms with van der Waals surface area (Å²) in [5, 5.41) is 0. The van der Waals surface area contributed by atoms with Gasteiger partial charge in [-0.1, -0.05) is 18.2 Å². The first-order valence-corrected chi connectivity index (χ1v) is 8.17. The molecule has 0 unspecified atom stereocenters. The molecule has 120 valence electrons. The normalized spacial score (nSPS) is 20.0. The summed E-state index contributed by atoms with van der Waals surface area (Å²) in [7, 11) is 4.30. The van der Waals surface area contributed by atoms with Gasteiger partial charge >= 0.3 is 0 Å². The average molecular weight is 310 g/mol. The quantitative estimate of drug-likeness (QED) is 0.850. The van der Waals surface area contributed by atoms with E-state index in [1.165, 1.54) is 17.5 Å². The van der Waals surface area contributed by atoms with Gasteiger partial charge in [0.2, 0.25) is 0 Å². The third kappa shape index (κ3) is 2.65. The van der Waals surface area contributed by atoms with E-state index in [1.54, 1.807) is 6.33 Å². The predicted octanol–water partition coefficient (Wildman–Crippen LogP) is 2.10. The third-order valence-corrected chi connectivity index (χ3v) is 4.91. The number of nitrogens with zero attached hydrogens (tertiary/aromatic N) is 4. The first-order valence-electron chi connectivity index (χ1n) is 8.17. The lowest BCUT2D eigenvalue weighted by molar-refractivity contribution is 0.302. The summed E-state index contributed by atoms with van der Waals surface area (Å²) in [6.07, 6.45) is 3.69. The fourth-order valence-corrected chi connectivity index (χ4v) is 3.50. The van der Waals surface area contributed by atoms with Gasteiger partial charge in [0.25, 0.3) is 0 Å². The Morgan fingerprint density at radius 1 is 1.22 bits per heavy atom. The minimum atomic E-state index is 0.521. The van der Waals surface area contributed by atoms with E-state index in [9.17, 15) is 0 Å². The number of rotatable bonds is 2. The Morgan fingerprint density at radius 2 is 2.09 bits per heavy atom. The van der Waals surface area contributed by atoms with E-state index in [4.69, 9.17) is 4.74 Å². The van der Waals surface area contributed by atoms with E-state index in [0.29, 0.717) is 12.6 Å². The van der Waals surface area contributed by atoms with Crippen molar-refractivity contribution >= 4 is 5.82 Å². The van der Waals surface area contributed by atoms with E-state index >= 15 is 0 Å². The molecule has 0 N–H and O–H groups in total. The van der Waals surface area contributed by atoms with Crippen molar-refractivity contribution in [2.45, 2.75) is 25.5 Å². The lowest BCUT2D eigenvalue weighted by atomic mass is 10.0. The molecule has 2 aromatic rings. The van der Waals surface area contributed by atoms with Gasteiger partial charge in [-0.25, -0.2) is 9.97 Å². The van der Waals surface area contributed by atoms with Crippen LogP contribution >= 0.6 is 0 Å². The zero-order chi connectivity index (χ0) is 15.8. The molecule has 5 nitrogen and oxygen atoms in total. The molecule has 1 saturated heterocycles. The van der Waals surface area contributed by atoms with Gasteiger partial charge in [-0.2, -0.15) is 0 Å². The molecular formula is C18H22N4O. The van der Waals surface area contributed by atoms with E-state index in [-0.39, 0.29) is 0 Å². The zero-order valence-electron chi connectivity index (χ0n) is 13.7. The molecule has 2 aliphatic heterocycles. The number of likely N-dealkylation sites (N-methyl/N-ethyl adjacent to an activating group) is 1. The van der Waals surface area contributed by atoms with Crippen molar-refractivity contribution in [3.05, 3.63) is 47.4 Å². The second-order valence-electron chi connectivity index (χ2n) is 6.55. The van der Waals surface area contributed by atoms with Crippen LogP contribution in [0, 0.1) is 0 Å². The van der Waals surface area contributed by atoms with Crippen molar-refractivity contribution in [3.63, 3.8) is 0 Å². The highest BCUT2D eigenvalue weighted by molar-refractivity contribution is 5.54. The molecule has 1 aromatic heterocycles. The van der Waals surface area contributed by atoms with Crippen molar-refractivity contribution in [2.75, 3.05) is 32.1 Å². The van der Waals surface area contributed by atoms with Crippen LogP contribution in [0.15, 0.2) is 30.6 Å². The van der Waals surface area contributed by atoms with Crippen LogP contribution in [0.3, 0.4) is 0 Å². The first-order chi connectivity index (χ1) is 11.2. The van der Waals surface area contributed by atoms with Gasteiger partial charge in [-0.15, -0.1) is 0 Å². The maximum atomic E-state index is 5.93. The van der Waals surface area contributed by atoms with E-state index in [1.807, 2.05) is 12.1 Å². The molecule has 2 aliphatic rings. The molecule has 0 saturated carbocycles. The van der Waals surface area contributed by atoms with Gasteiger partial charge in [-0.05, 0) is 32.1 Å². The van der Waals surface area contributed by atoms with Crippen LogP contribution < -0.4 is 9.64 Å². The zero-order valence-corrected chi connectivity index (χ0v) is 13.7. The van der Waals surface area contributed by atoms with Crippen LogP contribution in [-0.4, -0.2) is 48.1 Å². The molecule has 5 heteroatoms. The Labute approximate surface area is 136 Å². The molecule has 1 aromatic carbocycles. The Hall–Kier alpha value is -2.14.